The molecule has 0 spiro atoms. The minimum Gasteiger partial charge on any atom is -0.482 e. The molecule has 2 aliphatic rings. The largest absolute Gasteiger partial charge is 0.482 e. The van der Waals surface area contributed by atoms with Crippen molar-refractivity contribution in [2.24, 2.45) is 0 Å². The number of ether oxygens (including phenoxy) is 1. The second kappa shape index (κ2) is 8.76. The molecular formula is C23H26N2O4. The molecule has 0 saturated carbocycles. The fraction of sp³-hybridized carbons (Fsp3) is 0.391. The van der Waals surface area contributed by atoms with Crippen molar-refractivity contribution in [2.75, 3.05) is 0 Å². The Hall–Kier alpha value is -2.70. The summed E-state index contributed by atoms with van der Waals surface area (Å²) in [5.74, 6) is 0.256. The molecule has 2 aromatic carbocycles. The van der Waals surface area contributed by atoms with E-state index in [-0.39, 0.29) is 35.1 Å². The SMILES string of the molecule is O=[N+]([O-])c1c(OCc2ccccc2)ccc2c1CCC(NC1C=CCCC1)C2O. The smallest absolute Gasteiger partial charge is 0.314 e. The van der Waals surface area contributed by atoms with Gasteiger partial charge in [-0.2, -0.15) is 0 Å². The number of fused-ring (bicyclic) bond motifs is 1. The van der Waals surface area contributed by atoms with Crippen LogP contribution < -0.4 is 10.1 Å². The quantitative estimate of drug-likeness (QED) is 0.435. The van der Waals surface area contributed by atoms with Gasteiger partial charge >= 0.3 is 5.69 Å². The maximum atomic E-state index is 11.8. The predicted molar refractivity (Wildman–Crippen MR) is 111 cm³/mol. The first-order chi connectivity index (χ1) is 14.1. The van der Waals surface area contributed by atoms with E-state index >= 15 is 0 Å². The van der Waals surface area contributed by atoms with Crippen LogP contribution in [0.2, 0.25) is 0 Å². The Balaban J connectivity index is 1.55. The molecule has 0 saturated heterocycles. The van der Waals surface area contributed by atoms with Gasteiger partial charge < -0.3 is 15.2 Å². The molecule has 2 N–H and O–H groups in total. The molecule has 3 unspecified atom stereocenters. The number of rotatable bonds is 6. The van der Waals surface area contributed by atoms with E-state index < -0.39 is 6.10 Å². The normalized spacial score (nSPS) is 23.4. The van der Waals surface area contributed by atoms with E-state index in [0.29, 0.717) is 24.0 Å². The van der Waals surface area contributed by atoms with Gasteiger partial charge in [0.1, 0.15) is 6.61 Å². The minimum absolute atomic E-state index is 0.0199. The van der Waals surface area contributed by atoms with E-state index in [1.807, 2.05) is 30.3 Å². The van der Waals surface area contributed by atoms with Gasteiger partial charge in [0.25, 0.3) is 0 Å². The molecular weight excluding hydrogens is 368 g/mol. The standard InChI is InChI=1S/C23H26N2O4/c26-23-19-12-14-21(29-15-16-7-3-1-4-8-16)22(25(27)28)18(19)11-13-20(23)24-17-9-5-2-6-10-17/h1,3-5,7-9,12,14,17,20,23-24,26H,2,6,10-11,13,15H2. The molecule has 6 nitrogen and oxygen atoms in total. The fourth-order valence-electron chi connectivity index (χ4n) is 4.30. The maximum absolute atomic E-state index is 11.8. The zero-order valence-electron chi connectivity index (χ0n) is 16.3. The van der Waals surface area contributed by atoms with Crippen LogP contribution in [0, 0.1) is 10.1 Å². The third-order valence-corrected chi connectivity index (χ3v) is 5.79. The highest BCUT2D eigenvalue weighted by Gasteiger charge is 2.35. The van der Waals surface area contributed by atoms with Gasteiger partial charge in [-0.15, -0.1) is 0 Å². The van der Waals surface area contributed by atoms with Gasteiger partial charge in [-0.05, 0) is 49.3 Å². The number of benzene rings is 2. The Morgan fingerprint density at radius 3 is 2.72 bits per heavy atom. The summed E-state index contributed by atoms with van der Waals surface area (Å²) in [6.45, 7) is 0.265. The third-order valence-electron chi connectivity index (χ3n) is 5.79. The van der Waals surface area contributed by atoms with Gasteiger partial charge in [-0.3, -0.25) is 10.1 Å². The van der Waals surface area contributed by atoms with Crippen LogP contribution in [0.25, 0.3) is 0 Å². The third kappa shape index (κ3) is 4.33. The molecule has 0 bridgehead atoms. The van der Waals surface area contributed by atoms with Crippen molar-refractivity contribution in [1.29, 1.82) is 0 Å². The molecule has 0 radical (unpaired) electrons. The molecule has 6 heteroatoms. The van der Waals surface area contributed by atoms with Crippen molar-refractivity contribution in [3.8, 4) is 5.75 Å². The van der Waals surface area contributed by atoms with E-state index in [4.69, 9.17) is 4.74 Å². The highest BCUT2D eigenvalue weighted by atomic mass is 16.6. The Morgan fingerprint density at radius 2 is 2.00 bits per heavy atom. The average Bonchev–Trinajstić information content (AvgIpc) is 2.75. The molecule has 3 atom stereocenters. The molecule has 152 valence electrons. The average molecular weight is 394 g/mol. The number of aliphatic hydroxyl groups is 1. The fourth-order valence-corrected chi connectivity index (χ4v) is 4.30. The molecule has 0 heterocycles. The van der Waals surface area contributed by atoms with Gasteiger partial charge in [0.15, 0.2) is 5.75 Å². The summed E-state index contributed by atoms with van der Waals surface area (Å²) >= 11 is 0. The van der Waals surface area contributed by atoms with Crippen LogP contribution in [-0.4, -0.2) is 22.1 Å². The number of aliphatic hydroxyl groups excluding tert-OH is 1. The summed E-state index contributed by atoms with van der Waals surface area (Å²) < 4.78 is 5.79. The van der Waals surface area contributed by atoms with Gasteiger partial charge in [0, 0.05) is 17.6 Å². The number of nitro groups is 1. The summed E-state index contributed by atoms with van der Waals surface area (Å²) in [5.41, 5.74) is 2.15. The molecule has 4 rings (SSSR count). The van der Waals surface area contributed by atoms with Crippen molar-refractivity contribution >= 4 is 5.69 Å². The molecule has 29 heavy (non-hydrogen) atoms. The lowest BCUT2D eigenvalue weighted by molar-refractivity contribution is -0.386. The highest BCUT2D eigenvalue weighted by Crippen LogP contribution is 2.41. The number of nitro benzene ring substituents is 1. The zero-order chi connectivity index (χ0) is 20.2. The molecule has 2 aliphatic carbocycles. The van der Waals surface area contributed by atoms with Crippen LogP contribution >= 0.6 is 0 Å². The van der Waals surface area contributed by atoms with Gasteiger partial charge in [0.2, 0.25) is 0 Å². The topological polar surface area (TPSA) is 84.6 Å². The van der Waals surface area contributed by atoms with E-state index in [2.05, 4.69) is 17.5 Å². The lowest BCUT2D eigenvalue weighted by Crippen LogP contribution is -2.44. The first-order valence-corrected chi connectivity index (χ1v) is 10.2. The van der Waals surface area contributed by atoms with Crippen LogP contribution in [0.1, 0.15) is 48.5 Å². The first-order valence-electron chi connectivity index (χ1n) is 10.2. The van der Waals surface area contributed by atoms with E-state index in [0.717, 1.165) is 24.8 Å². The Bertz CT molecular complexity index is 897. The Kier molecular flexibility index (Phi) is 5.92. The number of allylic oxidation sites excluding steroid dienone is 1. The highest BCUT2D eigenvalue weighted by molar-refractivity contribution is 5.58. The minimum atomic E-state index is -0.768. The zero-order valence-corrected chi connectivity index (χ0v) is 16.3. The number of hydrogen-bond donors (Lipinski definition) is 2. The lowest BCUT2D eigenvalue weighted by Gasteiger charge is -2.33. The Labute approximate surface area is 170 Å². The van der Waals surface area contributed by atoms with Crippen molar-refractivity contribution in [3.05, 3.63) is 81.4 Å². The molecule has 2 aromatic rings. The number of nitrogens with one attached hydrogen (secondary N) is 1. The van der Waals surface area contributed by atoms with Crippen molar-refractivity contribution < 1.29 is 14.8 Å². The van der Waals surface area contributed by atoms with Gasteiger partial charge in [-0.25, -0.2) is 0 Å². The summed E-state index contributed by atoms with van der Waals surface area (Å²) in [6.07, 6.45) is 8.06. The second-order valence-corrected chi connectivity index (χ2v) is 7.73. The van der Waals surface area contributed by atoms with E-state index in [1.54, 1.807) is 12.1 Å². The van der Waals surface area contributed by atoms with Crippen LogP contribution in [0.15, 0.2) is 54.6 Å². The van der Waals surface area contributed by atoms with Crippen LogP contribution in [0.5, 0.6) is 5.75 Å². The lowest BCUT2D eigenvalue weighted by atomic mass is 9.84. The van der Waals surface area contributed by atoms with Crippen molar-refractivity contribution in [2.45, 2.75) is 56.9 Å². The van der Waals surface area contributed by atoms with Crippen LogP contribution in [0.4, 0.5) is 5.69 Å². The van der Waals surface area contributed by atoms with Gasteiger partial charge in [0.05, 0.1) is 11.0 Å². The van der Waals surface area contributed by atoms with Gasteiger partial charge in [-0.1, -0.05) is 48.6 Å². The van der Waals surface area contributed by atoms with E-state index in [1.165, 1.54) is 0 Å². The number of nitrogens with zero attached hydrogens (tertiary/aromatic N) is 1. The summed E-state index contributed by atoms with van der Waals surface area (Å²) in [7, 11) is 0. The van der Waals surface area contributed by atoms with Crippen molar-refractivity contribution in [3.63, 3.8) is 0 Å². The van der Waals surface area contributed by atoms with E-state index in [9.17, 15) is 15.2 Å². The summed E-state index contributed by atoms with van der Waals surface area (Å²) in [5, 5.41) is 26.3. The first kappa shape index (κ1) is 19.6. The summed E-state index contributed by atoms with van der Waals surface area (Å²) in [6, 6.07) is 13.1. The maximum Gasteiger partial charge on any atom is 0.314 e. The van der Waals surface area contributed by atoms with Crippen LogP contribution in [0.3, 0.4) is 0 Å². The number of hydrogen-bond acceptors (Lipinski definition) is 5. The predicted octanol–water partition coefficient (Wildman–Crippen LogP) is 4.22. The molecule has 0 amide bonds. The second-order valence-electron chi connectivity index (χ2n) is 7.73. The van der Waals surface area contributed by atoms with Crippen LogP contribution in [-0.2, 0) is 13.0 Å². The Morgan fingerprint density at radius 1 is 1.17 bits per heavy atom. The summed E-state index contributed by atoms with van der Waals surface area (Å²) in [4.78, 5) is 11.4. The molecule has 0 aliphatic heterocycles. The molecule has 0 fully saturated rings. The molecule has 0 aromatic heterocycles. The monoisotopic (exact) mass is 394 g/mol. The van der Waals surface area contributed by atoms with Crippen molar-refractivity contribution in [1.82, 2.24) is 5.32 Å².